The molecule has 3 aromatic rings. The maximum Gasteiger partial charge on any atom is 0.292 e. The lowest BCUT2D eigenvalue weighted by Crippen LogP contribution is -2.34. The Kier molecular flexibility index (Phi) is 6.49. The van der Waals surface area contributed by atoms with Gasteiger partial charge in [0.1, 0.15) is 0 Å². The van der Waals surface area contributed by atoms with Crippen LogP contribution in [0.15, 0.2) is 41.2 Å². The number of nitrogens with one attached hydrogen (secondary N) is 1. The molecule has 1 aliphatic heterocycles. The summed E-state index contributed by atoms with van der Waals surface area (Å²) in [5.74, 6) is 0.598. The number of anilines is 1. The highest BCUT2D eigenvalue weighted by molar-refractivity contribution is 5.90. The minimum absolute atomic E-state index is 0.0564. The van der Waals surface area contributed by atoms with Gasteiger partial charge in [0.05, 0.1) is 11.9 Å². The number of aryl methyl sites for hydroxylation is 1. The molecule has 3 heterocycles. The van der Waals surface area contributed by atoms with Crippen LogP contribution in [0.5, 0.6) is 0 Å². The van der Waals surface area contributed by atoms with Crippen LogP contribution in [-0.2, 0) is 12.0 Å². The normalized spacial score (nSPS) is 16.6. The van der Waals surface area contributed by atoms with Crippen molar-refractivity contribution in [2.75, 3.05) is 18.0 Å². The topological polar surface area (TPSA) is 84.2 Å². The summed E-state index contributed by atoms with van der Waals surface area (Å²) in [6.07, 6.45) is 6.11. The smallest absolute Gasteiger partial charge is 0.292 e. The number of aromatic nitrogens is 3. The maximum atomic E-state index is 12.5. The number of hydrogen-bond donors (Lipinski definition) is 1. The van der Waals surface area contributed by atoms with Crippen molar-refractivity contribution in [3.8, 4) is 11.1 Å². The number of piperidine rings is 1. The average molecular weight is 447 g/mol. The second-order valence-corrected chi connectivity index (χ2v) is 9.84. The number of amides is 1. The van der Waals surface area contributed by atoms with Gasteiger partial charge in [0.15, 0.2) is 0 Å². The number of benzene rings is 1. The molecule has 1 aromatic carbocycles. The van der Waals surface area contributed by atoms with Crippen LogP contribution >= 0.6 is 0 Å². The third-order valence-corrected chi connectivity index (χ3v) is 6.02. The molecule has 1 unspecified atom stereocenters. The minimum Gasteiger partial charge on any atom is -0.370 e. The molecule has 1 N–H and O–H groups in total. The molecule has 1 aliphatic rings. The number of nitrogens with zero attached hydrogens (tertiary/aromatic N) is 4. The van der Waals surface area contributed by atoms with Crippen molar-refractivity contribution in [3.63, 3.8) is 0 Å². The average Bonchev–Trinajstić information content (AvgIpc) is 3.29. The number of carbonyl (C=O) groups excluding carboxylic acids is 1. The van der Waals surface area contributed by atoms with E-state index in [0.29, 0.717) is 18.4 Å². The van der Waals surface area contributed by atoms with E-state index in [1.54, 1.807) is 0 Å². The van der Waals surface area contributed by atoms with Crippen LogP contribution in [0.2, 0.25) is 0 Å². The molecule has 7 heteroatoms. The summed E-state index contributed by atoms with van der Waals surface area (Å²) in [6, 6.07) is 8.40. The van der Waals surface area contributed by atoms with Gasteiger partial charge < -0.3 is 14.7 Å². The van der Waals surface area contributed by atoms with E-state index in [-0.39, 0.29) is 17.1 Å². The molecule has 173 valence electrons. The Balaban J connectivity index is 1.48. The molecule has 1 fully saturated rings. The summed E-state index contributed by atoms with van der Waals surface area (Å²) in [5, 5.41) is 6.72. The second-order valence-electron chi connectivity index (χ2n) is 9.84. The predicted molar refractivity (Wildman–Crippen MR) is 129 cm³/mol. The molecule has 7 nitrogen and oxygen atoms in total. The zero-order valence-corrected chi connectivity index (χ0v) is 19.9. The van der Waals surface area contributed by atoms with Crippen LogP contribution in [0.1, 0.15) is 61.2 Å². The molecule has 33 heavy (non-hydrogen) atoms. The Morgan fingerprint density at radius 2 is 2.12 bits per heavy atom. The number of hydrogen-bond acceptors (Lipinski definition) is 6. The quantitative estimate of drug-likeness (QED) is 0.611. The molecule has 0 aliphatic carbocycles. The molecule has 1 amide bonds. The lowest BCUT2D eigenvalue weighted by molar-refractivity contribution is 0.0937. The number of carbonyl (C=O) groups is 1. The molecular formula is C26H32N5O2. The lowest BCUT2D eigenvalue weighted by atomic mass is 9.96. The third kappa shape index (κ3) is 5.24. The van der Waals surface area contributed by atoms with Crippen molar-refractivity contribution in [2.45, 2.75) is 52.5 Å². The van der Waals surface area contributed by atoms with Crippen LogP contribution in [0.4, 0.5) is 5.69 Å². The largest absolute Gasteiger partial charge is 0.370 e. The highest BCUT2D eigenvalue weighted by Crippen LogP contribution is 2.33. The van der Waals surface area contributed by atoms with Gasteiger partial charge in [-0.15, -0.1) is 0 Å². The molecule has 0 spiro atoms. The van der Waals surface area contributed by atoms with Crippen molar-refractivity contribution in [1.82, 2.24) is 20.4 Å². The van der Waals surface area contributed by atoms with Crippen molar-refractivity contribution in [3.05, 3.63) is 66.4 Å². The van der Waals surface area contributed by atoms with Gasteiger partial charge in [-0.3, -0.25) is 9.78 Å². The van der Waals surface area contributed by atoms with E-state index in [2.05, 4.69) is 63.5 Å². The van der Waals surface area contributed by atoms with E-state index in [4.69, 9.17) is 4.52 Å². The molecule has 4 rings (SSSR count). The van der Waals surface area contributed by atoms with Crippen LogP contribution in [0.3, 0.4) is 0 Å². The van der Waals surface area contributed by atoms with Crippen LogP contribution in [-0.4, -0.2) is 34.1 Å². The van der Waals surface area contributed by atoms with Gasteiger partial charge in [0.25, 0.3) is 11.7 Å². The zero-order chi connectivity index (χ0) is 23.6. The highest BCUT2D eigenvalue weighted by atomic mass is 16.5. The van der Waals surface area contributed by atoms with Gasteiger partial charge in [-0.25, -0.2) is 0 Å². The van der Waals surface area contributed by atoms with Gasteiger partial charge in [0.2, 0.25) is 5.89 Å². The first-order chi connectivity index (χ1) is 15.7. The van der Waals surface area contributed by atoms with E-state index >= 15 is 0 Å². The van der Waals surface area contributed by atoms with Crippen LogP contribution in [0.25, 0.3) is 11.1 Å². The maximum absolute atomic E-state index is 12.5. The Hall–Kier alpha value is -3.22. The van der Waals surface area contributed by atoms with E-state index in [1.165, 1.54) is 12.0 Å². The summed E-state index contributed by atoms with van der Waals surface area (Å²) in [4.78, 5) is 23.5. The summed E-state index contributed by atoms with van der Waals surface area (Å²) in [6.45, 7) is 14.6. The standard InChI is InChI=1S/C26H32N5O2/c1-17-7-6-12-31(16-17)22-15-27-11-10-21(22)19-8-9-20(18(2)13-19)14-28-24(32)23-29-25(33-30-23)26(3,4)5/h8-11,13,15,17H,1,6-7,12,14,16H2,2-5H3,(H,28,32). The van der Waals surface area contributed by atoms with Gasteiger partial charge in [-0.1, -0.05) is 44.1 Å². The Bertz CT molecular complexity index is 1130. The van der Waals surface area contributed by atoms with Crippen LogP contribution < -0.4 is 10.2 Å². The fourth-order valence-electron chi connectivity index (χ4n) is 4.10. The summed E-state index contributed by atoms with van der Waals surface area (Å²) >= 11 is 0. The van der Waals surface area contributed by atoms with E-state index < -0.39 is 0 Å². The van der Waals surface area contributed by atoms with Crippen molar-refractivity contribution >= 4 is 11.6 Å². The fourth-order valence-corrected chi connectivity index (χ4v) is 4.10. The Morgan fingerprint density at radius 3 is 2.82 bits per heavy atom. The van der Waals surface area contributed by atoms with Gasteiger partial charge in [-0.05, 0) is 55.4 Å². The molecule has 1 atom stereocenters. The van der Waals surface area contributed by atoms with Gasteiger partial charge >= 0.3 is 0 Å². The SMILES string of the molecule is [CH2]C1CCCN(c2cnccc2-c2ccc(CNC(=O)c3noc(C(C)(C)C)n3)c(C)c2)C1. The first-order valence-corrected chi connectivity index (χ1v) is 11.5. The number of rotatable bonds is 5. The first-order valence-electron chi connectivity index (χ1n) is 11.5. The van der Waals surface area contributed by atoms with Gasteiger partial charge in [0, 0.05) is 36.8 Å². The summed E-state index contributed by atoms with van der Waals surface area (Å²) in [7, 11) is 0. The highest BCUT2D eigenvalue weighted by Gasteiger charge is 2.24. The van der Waals surface area contributed by atoms with Crippen LogP contribution in [0, 0.1) is 19.8 Å². The summed E-state index contributed by atoms with van der Waals surface area (Å²) in [5.41, 5.74) is 5.30. The summed E-state index contributed by atoms with van der Waals surface area (Å²) < 4.78 is 5.22. The van der Waals surface area contributed by atoms with Crippen molar-refractivity contribution < 1.29 is 9.32 Å². The van der Waals surface area contributed by atoms with Crippen molar-refractivity contribution in [1.29, 1.82) is 0 Å². The number of pyridine rings is 1. The fraction of sp³-hybridized carbons (Fsp3) is 0.423. The van der Waals surface area contributed by atoms with E-state index in [9.17, 15) is 4.79 Å². The Morgan fingerprint density at radius 1 is 1.30 bits per heavy atom. The van der Waals surface area contributed by atoms with E-state index in [0.717, 1.165) is 41.9 Å². The second kappa shape index (κ2) is 9.33. The molecule has 1 saturated heterocycles. The van der Waals surface area contributed by atoms with Crippen molar-refractivity contribution in [2.24, 2.45) is 5.92 Å². The molecule has 1 radical (unpaired) electrons. The molecular weight excluding hydrogens is 414 g/mol. The van der Waals surface area contributed by atoms with E-state index in [1.807, 2.05) is 33.2 Å². The molecule has 0 saturated carbocycles. The van der Waals surface area contributed by atoms with Gasteiger partial charge in [-0.2, -0.15) is 4.98 Å². The molecule has 2 aromatic heterocycles. The minimum atomic E-state index is -0.345. The first kappa shape index (κ1) is 23.0. The Labute approximate surface area is 195 Å². The third-order valence-electron chi connectivity index (χ3n) is 6.02. The molecule has 0 bridgehead atoms. The zero-order valence-electron chi connectivity index (χ0n) is 19.9. The lowest BCUT2D eigenvalue weighted by Gasteiger charge is -2.33. The predicted octanol–water partition coefficient (Wildman–Crippen LogP) is 4.72. The monoisotopic (exact) mass is 446 g/mol.